The topological polar surface area (TPSA) is 73.2 Å². The van der Waals surface area contributed by atoms with Gasteiger partial charge >= 0.3 is 0 Å². The first kappa shape index (κ1) is 14.3. The van der Waals surface area contributed by atoms with E-state index >= 15 is 0 Å². The van der Waals surface area contributed by atoms with Crippen LogP contribution in [-0.2, 0) is 10.0 Å². The molecule has 1 aromatic carbocycles. The van der Waals surface area contributed by atoms with Crippen molar-refractivity contribution in [3.8, 4) is 6.07 Å². The molecule has 2 rings (SSSR count). The Morgan fingerprint density at radius 1 is 1.53 bits per heavy atom. The van der Waals surface area contributed by atoms with Crippen LogP contribution in [0.15, 0.2) is 23.1 Å². The zero-order valence-electron chi connectivity index (χ0n) is 10.4. The third-order valence-corrected chi connectivity index (χ3v) is 5.43. The Balaban J connectivity index is 2.39. The molecule has 1 atom stereocenters. The number of hydrogen-bond donors (Lipinski definition) is 1. The highest BCUT2D eigenvalue weighted by molar-refractivity contribution is 7.89. The number of nitrogens with zero attached hydrogens (tertiary/aromatic N) is 2. The van der Waals surface area contributed by atoms with Crippen molar-refractivity contribution in [2.24, 2.45) is 0 Å². The maximum atomic E-state index is 12.5. The van der Waals surface area contributed by atoms with E-state index in [-0.39, 0.29) is 21.5 Å². The van der Waals surface area contributed by atoms with Crippen molar-refractivity contribution in [1.82, 2.24) is 9.62 Å². The van der Waals surface area contributed by atoms with Gasteiger partial charge in [-0.2, -0.15) is 9.57 Å². The van der Waals surface area contributed by atoms with Crippen LogP contribution in [0.2, 0.25) is 5.02 Å². The Labute approximate surface area is 117 Å². The second kappa shape index (κ2) is 5.47. The Kier molecular flexibility index (Phi) is 4.11. The molecule has 0 saturated carbocycles. The average Bonchev–Trinajstić information content (AvgIpc) is 2.39. The Morgan fingerprint density at radius 3 is 2.84 bits per heavy atom. The maximum Gasteiger partial charge on any atom is 0.243 e. The van der Waals surface area contributed by atoms with Gasteiger partial charge in [-0.3, -0.25) is 0 Å². The van der Waals surface area contributed by atoms with E-state index in [1.165, 1.54) is 22.5 Å². The Morgan fingerprint density at radius 2 is 2.26 bits per heavy atom. The van der Waals surface area contributed by atoms with E-state index in [4.69, 9.17) is 16.9 Å². The molecular formula is C12H14ClN3O2S. The predicted octanol–water partition coefficient (Wildman–Crippen LogP) is 1.19. The normalized spacial score (nSPS) is 21.0. The lowest BCUT2D eigenvalue weighted by molar-refractivity contribution is 0.284. The highest BCUT2D eigenvalue weighted by atomic mass is 35.5. The summed E-state index contributed by atoms with van der Waals surface area (Å²) in [6.07, 6.45) is 0. The van der Waals surface area contributed by atoms with Gasteiger partial charge in [0.1, 0.15) is 6.07 Å². The number of nitriles is 1. The van der Waals surface area contributed by atoms with Gasteiger partial charge in [0.25, 0.3) is 0 Å². The SMILES string of the molecule is C[C@@H]1CNCCN1S(=O)(=O)c1ccc(C#N)c(Cl)c1. The third-order valence-electron chi connectivity index (χ3n) is 3.11. The van der Waals surface area contributed by atoms with Gasteiger partial charge in [-0.05, 0) is 25.1 Å². The molecule has 0 amide bonds. The molecule has 5 nitrogen and oxygen atoms in total. The average molecular weight is 300 g/mol. The lowest BCUT2D eigenvalue weighted by Crippen LogP contribution is -2.52. The minimum absolute atomic E-state index is 0.104. The summed E-state index contributed by atoms with van der Waals surface area (Å²) >= 11 is 5.89. The first-order valence-electron chi connectivity index (χ1n) is 5.89. The zero-order valence-corrected chi connectivity index (χ0v) is 12.0. The Bertz CT molecular complexity index is 624. The van der Waals surface area contributed by atoms with Gasteiger partial charge in [0.2, 0.25) is 10.0 Å². The number of benzene rings is 1. The van der Waals surface area contributed by atoms with E-state index in [2.05, 4.69) is 5.32 Å². The maximum absolute atomic E-state index is 12.5. The highest BCUT2D eigenvalue weighted by Crippen LogP contribution is 2.24. The summed E-state index contributed by atoms with van der Waals surface area (Å²) in [6.45, 7) is 3.55. The lowest BCUT2D eigenvalue weighted by atomic mass is 10.2. The monoisotopic (exact) mass is 299 g/mol. The lowest BCUT2D eigenvalue weighted by Gasteiger charge is -2.32. The number of halogens is 1. The van der Waals surface area contributed by atoms with Crippen molar-refractivity contribution in [1.29, 1.82) is 5.26 Å². The number of nitrogens with one attached hydrogen (secondary N) is 1. The third kappa shape index (κ3) is 2.74. The fourth-order valence-electron chi connectivity index (χ4n) is 2.06. The van der Waals surface area contributed by atoms with Crippen LogP contribution in [0.1, 0.15) is 12.5 Å². The van der Waals surface area contributed by atoms with Crippen molar-refractivity contribution in [3.05, 3.63) is 28.8 Å². The van der Waals surface area contributed by atoms with Gasteiger partial charge in [0.05, 0.1) is 15.5 Å². The van der Waals surface area contributed by atoms with Crippen LogP contribution in [0.3, 0.4) is 0 Å². The molecule has 0 unspecified atom stereocenters. The summed E-state index contributed by atoms with van der Waals surface area (Å²) in [7, 11) is -3.56. The molecule has 1 aliphatic rings. The molecule has 1 saturated heterocycles. The standard InChI is InChI=1S/C12H14ClN3O2S/c1-9-8-15-4-5-16(9)19(17,18)11-3-2-10(7-14)12(13)6-11/h2-3,6,9,15H,4-5,8H2,1H3/t9-/m1/s1. The van der Waals surface area contributed by atoms with E-state index in [9.17, 15) is 8.42 Å². The first-order chi connectivity index (χ1) is 8.96. The molecule has 1 aliphatic heterocycles. The summed E-state index contributed by atoms with van der Waals surface area (Å²) < 4.78 is 26.5. The van der Waals surface area contributed by atoms with E-state index in [0.29, 0.717) is 19.6 Å². The van der Waals surface area contributed by atoms with Crippen molar-refractivity contribution in [2.45, 2.75) is 17.9 Å². The predicted molar refractivity (Wildman–Crippen MR) is 72.4 cm³/mol. The molecule has 0 radical (unpaired) electrons. The van der Waals surface area contributed by atoms with E-state index in [1.54, 1.807) is 0 Å². The number of rotatable bonds is 2. The number of sulfonamides is 1. The van der Waals surface area contributed by atoms with Crippen LogP contribution in [-0.4, -0.2) is 38.4 Å². The molecule has 0 bridgehead atoms. The summed E-state index contributed by atoms with van der Waals surface area (Å²) in [5.41, 5.74) is 0.272. The molecule has 0 spiro atoms. The molecule has 19 heavy (non-hydrogen) atoms. The molecule has 0 aliphatic carbocycles. The number of hydrogen-bond acceptors (Lipinski definition) is 4. The highest BCUT2D eigenvalue weighted by Gasteiger charge is 2.31. The van der Waals surface area contributed by atoms with Gasteiger partial charge in [0, 0.05) is 25.7 Å². The summed E-state index contributed by atoms with van der Waals surface area (Å²) in [5.74, 6) is 0. The van der Waals surface area contributed by atoms with Crippen LogP contribution in [0.25, 0.3) is 0 Å². The smallest absolute Gasteiger partial charge is 0.243 e. The van der Waals surface area contributed by atoms with Gasteiger partial charge in [-0.25, -0.2) is 8.42 Å². The van der Waals surface area contributed by atoms with Crippen molar-refractivity contribution >= 4 is 21.6 Å². The zero-order chi connectivity index (χ0) is 14.0. The fraction of sp³-hybridized carbons (Fsp3) is 0.417. The second-order valence-corrected chi connectivity index (χ2v) is 6.72. The van der Waals surface area contributed by atoms with Crippen LogP contribution < -0.4 is 5.32 Å². The largest absolute Gasteiger partial charge is 0.314 e. The molecule has 1 aromatic rings. The minimum atomic E-state index is -3.56. The van der Waals surface area contributed by atoms with Crippen molar-refractivity contribution < 1.29 is 8.42 Å². The van der Waals surface area contributed by atoms with Gasteiger partial charge < -0.3 is 5.32 Å². The van der Waals surface area contributed by atoms with Crippen molar-refractivity contribution in [2.75, 3.05) is 19.6 Å². The van der Waals surface area contributed by atoms with Crippen molar-refractivity contribution in [3.63, 3.8) is 0 Å². The summed E-state index contributed by atoms with van der Waals surface area (Å²) in [6, 6.07) is 6.00. The van der Waals surface area contributed by atoms with Crippen LogP contribution in [0.5, 0.6) is 0 Å². The Hall–Kier alpha value is -1.13. The van der Waals surface area contributed by atoms with Crippen LogP contribution in [0.4, 0.5) is 0 Å². The molecule has 1 N–H and O–H groups in total. The molecule has 1 heterocycles. The van der Waals surface area contributed by atoms with Crippen LogP contribution >= 0.6 is 11.6 Å². The molecule has 1 fully saturated rings. The summed E-state index contributed by atoms with van der Waals surface area (Å²) in [5, 5.41) is 12.1. The second-order valence-electron chi connectivity index (χ2n) is 4.42. The van der Waals surface area contributed by atoms with Gasteiger partial charge in [-0.15, -0.1) is 0 Å². The molecule has 102 valence electrons. The van der Waals surface area contributed by atoms with E-state index in [1.807, 2.05) is 13.0 Å². The van der Waals surface area contributed by atoms with Gasteiger partial charge in [0.15, 0.2) is 0 Å². The molecule has 7 heteroatoms. The minimum Gasteiger partial charge on any atom is -0.314 e. The first-order valence-corrected chi connectivity index (χ1v) is 7.71. The van der Waals surface area contributed by atoms with E-state index in [0.717, 1.165) is 0 Å². The summed E-state index contributed by atoms with van der Waals surface area (Å²) in [4.78, 5) is 0.130. The fourth-order valence-corrected chi connectivity index (χ4v) is 4.01. The van der Waals surface area contributed by atoms with E-state index < -0.39 is 10.0 Å². The van der Waals surface area contributed by atoms with Crippen LogP contribution in [0, 0.1) is 11.3 Å². The number of piperazine rings is 1. The molecular weight excluding hydrogens is 286 g/mol. The quantitative estimate of drug-likeness (QED) is 0.890. The molecule has 0 aromatic heterocycles. The van der Waals surface area contributed by atoms with Gasteiger partial charge in [-0.1, -0.05) is 11.6 Å².